The summed E-state index contributed by atoms with van der Waals surface area (Å²) in [5.41, 5.74) is 1.36. The van der Waals surface area contributed by atoms with Crippen molar-refractivity contribution in [1.82, 2.24) is 9.55 Å². The molecule has 1 aliphatic heterocycles. The molecule has 1 fully saturated rings. The standard InChI is InChI=1S/C27H23Cl2N3O4S/c28-19-6-11-24(25(29)14-19)27(17-32-13-12-30-18-32)34-15-22(36-27)16-37-23-9-7-20(8-10-23)31-26(33)35-21-4-2-1-3-5-21/h1-14,18,22H,15-17H2,(H,31,33)/t22-,27+/m0/s1. The van der Waals surface area contributed by atoms with Crippen LogP contribution in [0.25, 0.3) is 0 Å². The SMILES string of the molecule is O=C(Nc1ccc(SC[C@@H]2CO[C@@](Cn3ccnc3)(c3ccc(Cl)cc3Cl)O2)cc1)Oc1ccccc1. The maximum absolute atomic E-state index is 12.1. The highest BCUT2D eigenvalue weighted by Gasteiger charge is 2.45. The summed E-state index contributed by atoms with van der Waals surface area (Å²) >= 11 is 14.3. The number of imidazole rings is 1. The molecule has 0 aliphatic carbocycles. The van der Waals surface area contributed by atoms with E-state index in [0.717, 1.165) is 10.5 Å². The first kappa shape index (κ1) is 25.6. The molecule has 1 amide bonds. The monoisotopic (exact) mass is 555 g/mol. The van der Waals surface area contributed by atoms with Crippen LogP contribution in [0.4, 0.5) is 10.5 Å². The number of nitrogens with zero attached hydrogens (tertiary/aromatic N) is 2. The Hall–Kier alpha value is -3.01. The summed E-state index contributed by atoms with van der Waals surface area (Å²) in [6.45, 7) is 0.806. The Morgan fingerprint density at radius 1 is 1.14 bits per heavy atom. The fourth-order valence-electron chi connectivity index (χ4n) is 3.94. The predicted molar refractivity (Wildman–Crippen MR) is 144 cm³/mol. The van der Waals surface area contributed by atoms with Gasteiger partial charge in [0, 0.05) is 39.3 Å². The van der Waals surface area contributed by atoms with Crippen molar-refractivity contribution in [3.63, 3.8) is 0 Å². The fourth-order valence-corrected chi connectivity index (χ4v) is 5.36. The zero-order valence-corrected chi connectivity index (χ0v) is 21.9. The average Bonchev–Trinajstić information content (AvgIpc) is 3.55. The number of halogens is 2. The number of hydrogen-bond acceptors (Lipinski definition) is 6. The van der Waals surface area contributed by atoms with Gasteiger partial charge < -0.3 is 18.8 Å². The number of carbonyl (C=O) groups excluding carboxylic acids is 1. The maximum Gasteiger partial charge on any atom is 0.417 e. The summed E-state index contributed by atoms with van der Waals surface area (Å²) in [6.07, 6.45) is 4.56. The molecule has 10 heteroatoms. The lowest BCUT2D eigenvalue weighted by molar-refractivity contribution is -0.184. The van der Waals surface area contributed by atoms with E-state index in [1.807, 2.05) is 47.2 Å². The van der Waals surface area contributed by atoms with Gasteiger partial charge in [-0.25, -0.2) is 9.78 Å². The van der Waals surface area contributed by atoms with Gasteiger partial charge in [0.25, 0.3) is 0 Å². The number of nitrogens with one attached hydrogen (secondary N) is 1. The zero-order valence-electron chi connectivity index (χ0n) is 19.6. The van der Waals surface area contributed by atoms with Crippen molar-refractivity contribution in [2.24, 2.45) is 0 Å². The molecule has 1 aliphatic rings. The molecule has 7 nitrogen and oxygen atoms in total. The van der Waals surface area contributed by atoms with Crippen molar-refractivity contribution in [3.05, 3.63) is 107 Å². The zero-order chi connectivity index (χ0) is 25.7. The molecule has 2 atom stereocenters. The van der Waals surface area contributed by atoms with E-state index < -0.39 is 11.9 Å². The van der Waals surface area contributed by atoms with E-state index >= 15 is 0 Å². The van der Waals surface area contributed by atoms with Crippen LogP contribution >= 0.6 is 35.0 Å². The van der Waals surface area contributed by atoms with Gasteiger partial charge in [-0.1, -0.05) is 47.5 Å². The molecule has 5 rings (SSSR count). The molecular weight excluding hydrogens is 533 g/mol. The van der Waals surface area contributed by atoms with E-state index in [0.29, 0.717) is 40.4 Å². The highest BCUT2D eigenvalue weighted by molar-refractivity contribution is 7.99. The van der Waals surface area contributed by atoms with Crippen molar-refractivity contribution in [3.8, 4) is 5.75 Å². The Kier molecular flexibility index (Phi) is 8.02. The first-order chi connectivity index (χ1) is 18.0. The minimum absolute atomic E-state index is 0.168. The Labute approximate surface area is 228 Å². The second-order valence-electron chi connectivity index (χ2n) is 8.33. The molecule has 1 aromatic heterocycles. The number of anilines is 1. The second kappa shape index (κ2) is 11.6. The number of rotatable bonds is 8. The normalized spacial score (nSPS) is 19.0. The van der Waals surface area contributed by atoms with Crippen molar-refractivity contribution in [2.75, 3.05) is 17.7 Å². The van der Waals surface area contributed by atoms with Crippen molar-refractivity contribution < 1.29 is 19.0 Å². The number of benzene rings is 3. The van der Waals surface area contributed by atoms with E-state index in [9.17, 15) is 4.79 Å². The number of para-hydroxylation sites is 1. The number of carbonyl (C=O) groups is 1. The van der Waals surface area contributed by atoms with Crippen LogP contribution < -0.4 is 10.1 Å². The maximum atomic E-state index is 12.1. The third-order valence-electron chi connectivity index (χ3n) is 5.64. The van der Waals surface area contributed by atoms with Crippen molar-refractivity contribution in [1.29, 1.82) is 0 Å². The van der Waals surface area contributed by atoms with Crippen molar-refractivity contribution >= 4 is 46.7 Å². The molecule has 0 spiro atoms. The van der Waals surface area contributed by atoms with E-state index in [1.165, 1.54) is 0 Å². The summed E-state index contributed by atoms with van der Waals surface area (Å²) in [4.78, 5) is 17.3. The summed E-state index contributed by atoms with van der Waals surface area (Å²) in [6, 6.07) is 21.8. The third-order valence-corrected chi connectivity index (χ3v) is 7.33. The van der Waals surface area contributed by atoms with E-state index in [-0.39, 0.29) is 6.10 Å². The lowest BCUT2D eigenvalue weighted by Gasteiger charge is -2.30. The van der Waals surface area contributed by atoms with Crippen LogP contribution in [0.5, 0.6) is 5.75 Å². The van der Waals surface area contributed by atoms with Gasteiger partial charge in [-0.05, 0) is 48.5 Å². The first-order valence-electron chi connectivity index (χ1n) is 11.5. The van der Waals surface area contributed by atoms with E-state index in [4.69, 9.17) is 37.4 Å². The fraction of sp³-hybridized carbons (Fsp3) is 0.185. The Balaban J connectivity index is 1.20. The van der Waals surface area contributed by atoms with Crippen LogP contribution in [0.2, 0.25) is 10.0 Å². The van der Waals surface area contributed by atoms with Gasteiger partial charge in [0.1, 0.15) is 5.75 Å². The van der Waals surface area contributed by atoms with Crippen LogP contribution in [0, 0.1) is 0 Å². The lowest BCUT2D eigenvalue weighted by atomic mass is 10.1. The minimum Gasteiger partial charge on any atom is -0.410 e. The van der Waals surface area contributed by atoms with Gasteiger partial charge in [0.05, 0.1) is 30.6 Å². The quantitative estimate of drug-likeness (QED) is 0.239. The van der Waals surface area contributed by atoms with Crippen molar-refractivity contribution in [2.45, 2.75) is 23.3 Å². The molecule has 1 N–H and O–H groups in total. The van der Waals surface area contributed by atoms with Gasteiger partial charge in [0.15, 0.2) is 0 Å². The summed E-state index contributed by atoms with van der Waals surface area (Å²) < 4.78 is 19.9. The third kappa shape index (κ3) is 6.47. The second-order valence-corrected chi connectivity index (χ2v) is 10.3. The van der Waals surface area contributed by atoms with E-state index in [2.05, 4.69) is 10.3 Å². The van der Waals surface area contributed by atoms with Gasteiger partial charge in [-0.2, -0.15) is 0 Å². The molecule has 0 saturated carbocycles. The topological polar surface area (TPSA) is 74.6 Å². The summed E-state index contributed by atoms with van der Waals surface area (Å²) in [7, 11) is 0. The molecule has 0 unspecified atom stereocenters. The lowest BCUT2D eigenvalue weighted by Crippen LogP contribution is -2.34. The number of aromatic nitrogens is 2. The van der Waals surface area contributed by atoms with Crippen LogP contribution in [-0.4, -0.2) is 34.1 Å². The van der Waals surface area contributed by atoms with Crippen LogP contribution in [0.3, 0.4) is 0 Å². The smallest absolute Gasteiger partial charge is 0.410 e. The highest BCUT2D eigenvalue weighted by Crippen LogP contribution is 2.41. The van der Waals surface area contributed by atoms with E-state index in [1.54, 1.807) is 60.7 Å². The summed E-state index contributed by atoms with van der Waals surface area (Å²) in [5.74, 6) is 0.0928. The molecule has 0 radical (unpaired) electrons. The molecule has 190 valence electrons. The molecule has 37 heavy (non-hydrogen) atoms. The summed E-state index contributed by atoms with van der Waals surface area (Å²) in [5, 5.41) is 3.76. The van der Waals surface area contributed by atoms with Gasteiger partial charge in [-0.15, -0.1) is 11.8 Å². The number of amides is 1. The predicted octanol–water partition coefficient (Wildman–Crippen LogP) is 6.86. The number of hydrogen-bond donors (Lipinski definition) is 1. The van der Waals surface area contributed by atoms with Crippen LogP contribution in [-0.2, 0) is 21.8 Å². The van der Waals surface area contributed by atoms with Gasteiger partial charge in [0.2, 0.25) is 5.79 Å². The molecule has 4 aromatic rings. The average molecular weight is 556 g/mol. The van der Waals surface area contributed by atoms with Crippen LogP contribution in [0.1, 0.15) is 5.56 Å². The Morgan fingerprint density at radius 2 is 1.95 bits per heavy atom. The molecule has 1 saturated heterocycles. The molecule has 0 bridgehead atoms. The first-order valence-corrected chi connectivity index (χ1v) is 13.2. The minimum atomic E-state index is -1.06. The Morgan fingerprint density at radius 3 is 2.68 bits per heavy atom. The highest BCUT2D eigenvalue weighted by atomic mass is 35.5. The largest absolute Gasteiger partial charge is 0.417 e. The Bertz CT molecular complexity index is 1340. The molecular formula is C27H23Cl2N3O4S. The molecule has 3 aromatic carbocycles. The molecule has 2 heterocycles. The number of ether oxygens (including phenoxy) is 3. The van der Waals surface area contributed by atoms with Gasteiger partial charge in [-0.3, -0.25) is 5.32 Å². The van der Waals surface area contributed by atoms with Gasteiger partial charge >= 0.3 is 6.09 Å². The van der Waals surface area contributed by atoms with Crippen LogP contribution in [0.15, 0.2) is 96.4 Å². The number of thioether (sulfide) groups is 1.